The number of carbonyl (C=O) groups is 1. The predicted molar refractivity (Wildman–Crippen MR) is 99.9 cm³/mol. The van der Waals surface area contributed by atoms with Crippen molar-refractivity contribution in [2.75, 3.05) is 20.3 Å². The van der Waals surface area contributed by atoms with Gasteiger partial charge in [-0.2, -0.15) is 0 Å². The van der Waals surface area contributed by atoms with E-state index in [-0.39, 0.29) is 31.4 Å². The third-order valence-corrected chi connectivity index (χ3v) is 5.08. The Labute approximate surface area is 155 Å². The van der Waals surface area contributed by atoms with Gasteiger partial charge in [0.1, 0.15) is 5.75 Å². The molecule has 0 aliphatic rings. The van der Waals surface area contributed by atoms with Crippen LogP contribution >= 0.6 is 7.82 Å². The number of aliphatic hydroxyl groups excluding tert-OH is 1. The molecule has 1 amide bonds. The van der Waals surface area contributed by atoms with Gasteiger partial charge in [-0.15, -0.1) is 0 Å². The Hall–Kier alpha value is -1.40. The van der Waals surface area contributed by atoms with Crippen molar-refractivity contribution in [3.63, 3.8) is 0 Å². The third-order valence-electron chi connectivity index (χ3n) is 3.70. The molecular weight excluding hydrogens is 357 g/mol. The second-order valence-corrected chi connectivity index (χ2v) is 7.57. The van der Waals surface area contributed by atoms with E-state index in [4.69, 9.17) is 18.7 Å². The number of rotatable bonds is 14. The first-order valence-corrected chi connectivity index (χ1v) is 10.5. The van der Waals surface area contributed by atoms with Gasteiger partial charge in [-0.05, 0) is 24.1 Å². The minimum atomic E-state index is -3.78. The van der Waals surface area contributed by atoms with Crippen LogP contribution in [0.25, 0.3) is 0 Å². The molecule has 0 radical (unpaired) electrons. The van der Waals surface area contributed by atoms with Gasteiger partial charge in [0, 0.05) is 20.1 Å². The average Bonchev–Trinajstić information content (AvgIpc) is 2.65. The summed E-state index contributed by atoms with van der Waals surface area (Å²) in [5.41, 5.74) is 0.622. The fraction of sp³-hybridized carbons (Fsp3) is 0.611. The van der Waals surface area contributed by atoms with Crippen molar-refractivity contribution in [1.29, 1.82) is 0 Å². The van der Waals surface area contributed by atoms with Crippen molar-refractivity contribution in [3.8, 4) is 5.75 Å². The van der Waals surface area contributed by atoms with Gasteiger partial charge in [0.2, 0.25) is 5.91 Å². The number of phosphoric ester groups is 1. The highest BCUT2D eigenvalue weighted by molar-refractivity contribution is 7.48. The lowest BCUT2D eigenvalue weighted by Gasteiger charge is -2.17. The zero-order chi connectivity index (χ0) is 19.3. The molecule has 1 aromatic carbocycles. The van der Waals surface area contributed by atoms with Crippen LogP contribution in [0.15, 0.2) is 24.3 Å². The Balaban J connectivity index is 2.30. The highest BCUT2D eigenvalue weighted by Gasteiger charge is 2.26. The summed E-state index contributed by atoms with van der Waals surface area (Å²) in [6.45, 7) is 2.23. The van der Waals surface area contributed by atoms with Crippen molar-refractivity contribution in [2.45, 2.75) is 52.1 Å². The van der Waals surface area contributed by atoms with Gasteiger partial charge in [0.25, 0.3) is 0 Å². The zero-order valence-corrected chi connectivity index (χ0v) is 16.5. The van der Waals surface area contributed by atoms with E-state index in [1.54, 1.807) is 24.3 Å². The van der Waals surface area contributed by atoms with Gasteiger partial charge >= 0.3 is 7.82 Å². The van der Waals surface area contributed by atoms with Crippen LogP contribution in [0.3, 0.4) is 0 Å². The maximum atomic E-state index is 12.4. The summed E-state index contributed by atoms with van der Waals surface area (Å²) in [7, 11) is -2.55. The first-order valence-electron chi connectivity index (χ1n) is 8.99. The van der Waals surface area contributed by atoms with Crippen LogP contribution in [0.4, 0.5) is 0 Å². The third kappa shape index (κ3) is 9.34. The minimum Gasteiger partial charge on any atom is -0.404 e. The van der Waals surface area contributed by atoms with Gasteiger partial charge in [-0.1, -0.05) is 44.7 Å². The molecule has 1 atom stereocenters. The van der Waals surface area contributed by atoms with Gasteiger partial charge in [-0.3, -0.25) is 13.8 Å². The summed E-state index contributed by atoms with van der Waals surface area (Å²) in [4.78, 5) is 11.7. The van der Waals surface area contributed by atoms with E-state index in [0.717, 1.165) is 19.3 Å². The van der Waals surface area contributed by atoms with Crippen LogP contribution in [0.2, 0.25) is 0 Å². The van der Waals surface area contributed by atoms with Crippen molar-refractivity contribution in [3.05, 3.63) is 29.8 Å². The molecular formula is C18H30NO6P. The molecule has 148 valence electrons. The molecule has 0 aliphatic heterocycles. The second kappa shape index (κ2) is 12.9. The number of hydrogen-bond acceptors (Lipinski definition) is 6. The van der Waals surface area contributed by atoms with E-state index >= 15 is 0 Å². The Morgan fingerprint density at radius 3 is 2.69 bits per heavy atom. The smallest absolute Gasteiger partial charge is 0.404 e. The van der Waals surface area contributed by atoms with Crippen LogP contribution in [-0.2, 0) is 25.0 Å². The molecule has 1 rings (SSSR count). The number of nitrogens with one attached hydrogen (secondary N) is 1. The Morgan fingerprint density at radius 2 is 2.00 bits per heavy atom. The standard InChI is InChI=1S/C18H30NO6P/c1-3-4-5-6-7-11-18(21)19-12-13-24-26(22,23-2)25-17-10-8-9-16(14-17)15-20/h8-10,14,20H,3-7,11-13,15H2,1-2H3,(H,19,21). The maximum Gasteiger partial charge on any atom is 0.529 e. The number of aliphatic hydroxyl groups is 1. The molecule has 1 aromatic rings. The molecule has 0 spiro atoms. The van der Waals surface area contributed by atoms with E-state index in [1.807, 2.05) is 0 Å². The Morgan fingerprint density at radius 1 is 1.23 bits per heavy atom. The number of hydrogen-bond donors (Lipinski definition) is 2. The molecule has 26 heavy (non-hydrogen) atoms. The fourth-order valence-electron chi connectivity index (χ4n) is 2.27. The number of unbranched alkanes of at least 4 members (excludes halogenated alkanes) is 4. The van der Waals surface area contributed by atoms with E-state index in [1.165, 1.54) is 20.0 Å². The molecule has 0 bridgehead atoms. The quantitative estimate of drug-likeness (QED) is 0.372. The van der Waals surface area contributed by atoms with Crippen molar-refractivity contribution in [1.82, 2.24) is 5.32 Å². The van der Waals surface area contributed by atoms with E-state index < -0.39 is 7.82 Å². The van der Waals surface area contributed by atoms with E-state index in [2.05, 4.69) is 12.2 Å². The van der Waals surface area contributed by atoms with E-state index in [9.17, 15) is 9.36 Å². The van der Waals surface area contributed by atoms with Crippen molar-refractivity contribution < 1.29 is 28.0 Å². The van der Waals surface area contributed by atoms with Crippen LogP contribution in [-0.4, -0.2) is 31.3 Å². The van der Waals surface area contributed by atoms with Crippen LogP contribution in [0.1, 0.15) is 51.0 Å². The normalized spacial score (nSPS) is 13.2. The largest absolute Gasteiger partial charge is 0.529 e. The molecule has 0 aliphatic carbocycles. The van der Waals surface area contributed by atoms with Gasteiger partial charge in [0.15, 0.2) is 0 Å². The summed E-state index contributed by atoms with van der Waals surface area (Å²) in [6.07, 6.45) is 5.93. The minimum absolute atomic E-state index is 0.00633. The molecule has 0 aromatic heterocycles. The second-order valence-electron chi connectivity index (χ2n) is 5.87. The predicted octanol–water partition coefficient (Wildman–Crippen LogP) is 3.81. The summed E-state index contributed by atoms with van der Waals surface area (Å²) in [6, 6.07) is 6.52. The lowest BCUT2D eigenvalue weighted by atomic mass is 10.1. The SMILES string of the molecule is CCCCCCCC(=O)NCCOP(=O)(OC)Oc1cccc(CO)c1. The lowest BCUT2D eigenvalue weighted by molar-refractivity contribution is -0.121. The summed E-state index contributed by atoms with van der Waals surface area (Å²) >= 11 is 0. The lowest BCUT2D eigenvalue weighted by Crippen LogP contribution is -2.26. The zero-order valence-electron chi connectivity index (χ0n) is 15.6. The Kier molecular flexibility index (Phi) is 11.2. The molecule has 0 saturated heterocycles. The number of carbonyl (C=O) groups excluding carboxylic acids is 1. The maximum absolute atomic E-state index is 12.4. The van der Waals surface area contributed by atoms with Crippen molar-refractivity contribution in [2.24, 2.45) is 0 Å². The topological polar surface area (TPSA) is 94.1 Å². The summed E-state index contributed by atoms with van der Waals surface area (Å²) in [5, 5.41) is 11.8. The summed E-state index contributed by atoms with van der Waals surface area (Å²) in [5.74, 6) is 0.228. The van der Waals surface area contributed by atoms with E-state index in [0.29, 0.717) is 12.0 Å². The number of benzene rings is 1. The Bertz CT molecular complexity index is 581. The highest BCUT2D eigenvalue weighted by atomic mass is 31.2. The summed E-state index contributed by atoms with van der Waals surface area (Å²) < 4.78 is 27.8. The molecule has 2 N–H and O–H groups in total. The van der Waals surface area contributed by atoms with Crippen LogP contribution in [0, 0.1) is 0 Å². The molecule has 0 fully saturated rings. The van der Waals surface area contributed by atoms with Crippen LogP contribution in [0.5, 0.6) is 5.75 Å². The highest BCUT2D eigenvalue weighted by Crippen LogP contribution is 2.48. The first kappa shape index (κ1) is 22.6. The number of amides is 1. The monoisotopic (exact) mass is 387 g/mol. The van der Waals surface area contributed by atoms with Gasteiger partial charge < -0.3 is 14.9 Å². The average molecular weight is 387 g/mol. The van der Waals surface area contributed by atoms with Crippen molar-refractivity contribution >= 4 is 13.7 Å². The molecule has 8 heteroatoms. The molecule has 0 heterocycles. The van der Waals surface area contributed by atoms with Gasteiger partial charge in [-0.25, -0.2) is 4.57 Å². The van der Waals surface area contributed by atoms with Crippen LogP contribution < -0.4 is 9.84 Å². The molecule has 1 unspecified atom stereocenters. The number of phosphoric acid groups is 1. The first-order chi connectivity index (χ1) is 12.5. The fourth-order valence-corrected chi connectivity index (χ4v) is 3.19. The van der Waals surface area contributed by atoms with Gasteiger partial charge in [0.05, 0.1) is 13.2 Å². The molecule has 0 saturated carbocycles. The molecule has 7 nitrogen and oxygen atoms in total.